The van der Waals surface area contributed by atoms with Gasteiger partial charge in [-0.3, -0.25) is 0 Å². The van der Waals surface area contributed by atoms with Crippen molar-refractivity contribution in [2.24, 2.45) is 0 Å². The number of nitrogens with one attached hydrogen (secondary N) is 2. The number of alkyl halides is 3. The summed E-state index contributed by atoms with van der Waals surface area (Å²) >= 11 is 0. The van der Waals surface area contributed by atoms with E-state index < -0.39 is 11.7 Å². The van der Waals surface area contributed by atoms with E-state index in [0.29, 0.717) is 17.2 Å². The average Bonchev–Trinajstić information content (AvgIpc) is 3.10. The largest absolute Gasteiger partial charge is 0.416 e. The van der Waals surface area contributed by atoms with Gasteiger partial charge in [-0.1, -0.05) is 30.3 Å². The molecule has 0 aliphatic carbocycles. The molecule has 27 heavy (non-hydrogen) atoms. The molecule has 4 nitrogen and oxygen atoms in total. The molecule has 2 aromatic carbocycles. The second-order valence-electron chi connectivity index (χ2n) is 6.09. The Kier molecular flexibility index (Phi) is 4.27. The van der Waals surface area contributed by atoms with Crippen molar-refractivity contribution in [3.8, 4) is 11.4 Å². The monoisotopic (exact) mass is 368 g/mol. The number of hydrogen-bond donors (Lipinski definition) is 2. The Labute approximate surface area is 153 Å². The highest BCUT2D eigenvalue weighted by Crippen LogP contribution is 2.29. The first-order chi connectivity index (χ1) is 13.0. The molecule has 7 heteroatoms. The van der Waals surface area contributed by atoms with Crippen molar-refractivity contribution in [1.82, 2.24) is 15.0 Å². The predicted octanol–water partition coefficient (Wildman–Crippen LogP) is 5.26. The van der Waals surface area contributed by atoms with Crippen LogP contribution in [-0.2, 0) is 12.7 Å². The van der Waals surface area contributed by atoms with E-state index in [2.05, 4.69) is 20.3 Å². The molecule has 0 aliphatic heterocycles. The smallest absolute Gasteiger partial charge is 0.353 e. The first-order valence-electron chi connectivity index (χ1n) is 8.30. The number of aromatic amines is 1. The number of benzene rings is 2. The summed E-state index contributed by atoms with van der Waals surface area (Å²) in [4.78, 5) is 11.9. The number of anilines is 1. The van der Waals surface area contributed by atoms with Crippen molar-refractivity contribution in [2.75, 3.05) is 5.32 Å². The van der Waals surface area contributed by atoms with Crippen molar-refractivity contribution in [3.05, 3.63) is 78.0 Å². The molecule has 0 saturated carbocycles. The van der Waals surface area contributed by atoms with Crippen LogP contribution in [-0.4, -0.2) is 15.0 Å². The van der Waals surface area contributed by atoms with Gasteiger partial charge in [-0.15, -0.1) is 0 Å². The Bertz CT molecular complexity index is 1050. The number of aromatic nitrogens is 3. The van der Waals surface area contributed by atoms with Crippen LogP contribution in [0.2, 0.25) is 0 Å². The molecule has 4 rings (SSSR count). The molecule has 4 aromatic rings. The molecule has 2 aromatic heterocycles. The van der Waals surface area contributed by atoms with Crippen molar-refractivity contribution < 1.29 is 13.2 Å². The fourth-order valence-corrected chi connectivity index (χ4v) is 2.84. The van der Waals surface area contributed by atoms with Crippen LogP contribution in [0.25, 0.3) is 22.3 Å². The molecule has 0 aliphatic rings. The highest BCUT2D eigenvalue weighted by molar-refractivity contribution is 5.85. The zero-order valence-corrected chi connectivity index (χ0v) is 14.1. The Morgan fingerprint density at radius 3 is 2.63 bits per heavy atom. The summed E-state index contributed by atoms with van der Waals surface area (Å²) in [6, 6.07) is 16.9. The van der Waals surface area contributed by atoms with Gasteiger partial charge >= 0.3 is 6.18 Å². The Morgan fingerprint density at radius 1 is 0.963 bits per heavy atom. The normalized spacial score (nSPS) is 11.7. The fraction of sp³-hybridized carbons (Fsp3) is 0.100. The zero-order valence-electron chi connectivity index (χ0n) is 14.1. The third-order valence-corrected chi connectivity index (χ3v) is 4.17. The zero-order chi connectivity index (χ0) is 18.9. The summed E-state index contributed by atoms with van der Waals surface area (Å²) in [6.45, 7) is 0.195. The highest BCUT2D eigenvalue weighted by Gasteiger charge is 2.30. The SMILES string of the molecule is FC(F)(F)c1cccc(CNc2nccc(-c3cc4ccccc4[nH]3)n2)c1. The van der Waals surface area contributed by atoms with Crippen molar-refractivity contribution in [3.63, 3.8) is 0 Å². The number of H-pyrrole nitrogens is 1. The fourth-order valence-electron chi connectivity index (χ4n) is 2.84. The topological polar surface area (TPSA) is 53.6 Å². The number of halogens is 3. The molecule has 0 fully saturated rings. The summed E-state index contributed by atoms with van der Waals surface area (Å²) in [5.74, 6) is 0.351. The third kappa shape index (κ3) is 3.76. The minimum atomic E-state index is -4.36. The van der Waals surface area contributed by atoms with E-state index in [1.54, 1.807) is 18.3 Å². The maximum absolute atomic E-state index is 12.8. The summed E-state index contributed by atoms with van der Waals surface area (Å²) < 4.78 is 38.4. The van der Waals surface area contributed by atoms with Crippen LogP contribution in [0.1, 0.15) is 11.1 Å². The minimum absolute atomic E-state index is 0.195. The summed E-state index contributed by atoms with van der Waals surface area (Å²) in [7, 11) is 0. The van der Waals surface area contributed by atoms with Crippen LogP contribution in [0, 0.1) is 0 Å². The average molecular weight is 368 g/mol. The van der Waals surface area contributed by atoms with E-state index in [9.17, 15) is 13.2 Å². The molecular weight excluding hydrogens is 353 g/mol. The standard InChI is InChI=1S/C20H15F3N4/c21-20(22,23)15-6-3-4-13(10-15)12-25-19-24-9-8-17(27-19)18-11-14-5-1-2-7-16(14)26-18/h1-11,26H,12H2,(H,24,25,27). The van der Waals surface area contributed by atoms with E-state index in [-0.39, 0.29) is 6.54 Å². The highest BCUT2D eigenvalue weighted by atomic mass is 19.4. The van der Waals surface area contributed by atoms with Gasteiger partial charge in [0.25, 0.3) is 0 Å². The first-order valence-corrected chi connectivity index (χ1v) is 8.30. The molecular formula is C20H15F3N4. The molecule has 0 spiro atoms. The molecule has 0 radical (unpaired) electrons. The van der Waals surface area contributed by atoms with E-state index in [1.807, 2.05) is 30.3 Å². The number of rotatable bonds is 4. The molecule has 2 heterocycles. The van der Waals surface area contributed by atoms with Gasteiger partial charge in [0.1, 0.15) is 0 Å². The molecule has 0 amide bonds. The maximum atomic E-state index is 12.8. The summed E-state index contributed by atoms with van der Waals surface area (Å²) in [5, 5.41) is 4.05. The van der Waals surface area contributed by atoms with Crippen molar-refractivity contribution in [1.29, 1.82) is 0 Å². The molecule has 2 N–H and O–H groups in total. The van der Waals surface area contributed by atoms with E-state index in [1.165, 1.54) is 6.07 Å². The summed E-state index contributed by atoms with van der Waals surface area (Å²) in [5.41, 5.74) is 2.39. The van der Waals surface area contributed by atoms with Gasteiger partial charge in [-0.05, 0) is 35.9 Å². The lowest BCUT2D eigenvalue weighted by Crippen LogP contribution is -2.08. The van der Waals surface area contributed by atoms with Gasteiger partial charge in [0.15, 0.2) is 0 Å². The third-order valence-electron chi connectivity index (χ3n) is 4.17. The van der Waals surface area contributed by atoms with E-state index in [0.717, 1.165) is 28.7 Å². The number of hydrogen-bond acceptors (Lipinski definition) is 3. The molecule has 0 saturated heterocycles. The lowest BCUT2D eigenvalue weighted by molar-refractivity contribution is -0.137. The second-order valence-corrected chi connectivity index (χ2v) is 6.09. The van der Waals surface area contributed by atoms with Crippen LogP contribution < -0.4 is 5.32 Å². The van der Waals surface area contributed by atoms with Crippen molar-refractivity contribution in [2.45, 2.75) is 12.7 Å². The van der Waals surface area contributed by atoms with Gasteiger partial charge < -0.3 is 10.3 Å². The second kappa shape index (κ2) is 6.75. The predicted molar refractivity (Wildman–Crippen MR) is 98.1 cm³/mol. The molecule has 0 unspecified atom stereocenters. The van der Waals surface area contributed by atoms with Gasteiger partial charge in [0, 0.05) is 23.6 Å². The van der Waals surface area contributed by atoms with Gasteiger partial charge in [0.05, 0.1) is 17.0 Å². The molecule has 0 atom stereocenters. The number of fused-ring (bicyclic) bond motifs is 1. The Balaban J connectivity index is 1.53. The first kappa shape index (κ1) is 17.1. The Morgan fingerprint density at radius 2 is 1.81 bits per heavy atom. The van der Waals surface area contributed by atoms with Gasteiger partial charge in [-0.25, -0.2) is 9.97 Å². The van der Waals surface area contributed by atoms with E-state index >= 15 is 0 Å². The number of nitrogens with zero attached hydrogens (tertiary/aromatic N) is 2. The molecule has 136 valence electrons. The minimum Gasteiger partial charge on any atom is -0.353 e. The van der Waals surface area contributed by atoms with Crippen LogP contribution in [0.4, 0.5) is 19.1 Å². The Hall–Kier alpha value is -3.35. The maximum Gasteiger partial charge on any atom is 0.416 e. The van der Waals surface area contributed by atoms with Crippen LogP contribution >= 0.6 is 0 Å². The number of para-hydroxylation sites is 1. The van der Waals surface area contributed by atoms with Crippen molar-refractivity contribution >= 4 is 16.9 Å². The van der Waals surface area contributed by atoms with Gasteiger partial charge in [0.2, 0.25) is 5.95 Å². The quantitative estimate of drug-likeness (QED) is 0.517. The van der Waals surface area contributed by atoms with Crippen LogP contribution in [0.3, 0.4) is 0 Å². The van der Waals surface area contributed by atoms with Crippen LogP contribution in [0.15, 0.2) is 66.9 Å². The molecule has 0 bridgehead atoms. The summed E-state index contributed by atoms with van der Waals surface area (Å²) in [6.07, 6.45) is -2.75. The van der Waals surface area contributed by atoms with E-state index in [4.69, 9.17) is 0 Å². The lowest BCUT2D eigenvalue weighted by Gasteiger charge is -2.10. The van der Waals surface area contributed by atoms with Gasteiger partial charge in [-0.2, -0.15) is 13.2 Å². The van der Waals surface area contributed by atoms with Crippen LogP contribution in [0.5, 0.6) is 0 Å². The lowest BCUT2D eigenvalue weighted by atomic mass is 10.1.